The van der Waals surface area contributed by atoms with Crippen molar-refractivity contribution in [3.8, 4) is 0 Å². The highest BCUT2D eigenvalue weighted by Gasteiger charge is 2.24. The molecule has 43 heavy (non-hydrogen) atoms. The summed E-state index contributed by atoms with van der Waals surface area (Å²) in [6, 6.07) is 0. The molecule has 4 heterocycles. The van der Waals surface area contributed by atoms with Crippen LogP contribution in [-0.2, 0) is 32.0 Å². The molecule has 2 aromatic heterocycles. The number of amides is 2. The normalized spacial score (nSPS) is 16.2. The highest BCUT2D eigenvalue weighted by Crippen LogP contribution is 2.27. The van der Waals surface area contributed by atoms with Gasteiger partial charge in [-0.25, -0.2) is 0 Å². The van der Waals surface area contributed by atoms with E-state index in [-0.39, 0.29) is 37.5 Å². The Labute approximate surface area is 248 Å². The molecule has 0 fully saturated rings. The maximum atomic E-state index is 12.3. The van der Waals surface area contributed by atoms with E-state index in [0.717, 1.165) is 22.3 Å². The van der Waals surface area contributed by atoms with E-state index in [1.165, 1.54) is 6.08 Å². The van der Waals surface area contributed by atoms with Crippen molar-refractivity contribution in [1.29, 1.82) is 0 Å². The molecule has 0 aromatic carbocycles. The van der Waals surface area contributed by atoms with E-state index >= 15 is 0 Å². The first-order chi connectivity index (χ1) is 20.4. The zero-order chi connectivity index (χ0) is 31.6. The number of hydrogen-bond acceptors (Lipinski definition) is 4. The number of aromatic amines is 2. The van der Waals surface area contributed by atoms with E-state index in [1.54, 1.807) is 26.0 Å². The maximum Gasteiger partial charge on any atom is 0.303 e. The lowest BCUT2D eigenvalue weighted by atomic mass is 10.0. The minimum absolute atomic E-state index is 0.0963. The van der Waals surface area contributed by atoms with E-state index in [2.05, 4.69) is 39.5 Å². The summed E-state index contributed by atoms with van der Waals surface area (Å²) in [7, 11) is 0. The molecule has 2 amide bonds. The molecule has 0 radical (unpaired) electrons. The fraction of sp³-hybridized carbons (Fsp3) is 0.242. The Kier molecular flexibility index (Phi) is 8.73. The summed E-state index contributed by atoms with van der Waals surface area (Å²) in [6.07, 6.45) is 7.01. The Morgan fingerprint density at radius 2 is 1.40 bits per heavy atom. The van der Waals surface area contributed by atoms with E-state index in [9.17, 15) is 29.4 Å². The number of carbonyl (C=O) groups is 4. The fourth-order valence-corrected chi connectivity index (χ4v) is 5.31. The minimum Gasteiger partial charge on any atom is -0.481 e. The van der Waals surface area contributed by atoms with Crippen LogP contribution >= 0.6 is 0 Å². The van der Waals surface area contributed by atoms with E-state index < -0.39 is 11.9 Å². The quantitative estimate of drug-likeness (QED) is 0.252. The molecule has 0 saturated heterocycles. The standard InChI is InChI=1S/C33H34N4O6/c1-7-20-19(6)32(42)37-27(20)14-25-18(5)23(10-12-31(40)41)29(35-25)15-28-22(9-11-30(38)39)17(4)24(34-28)13-26-16(3)21(8-2)33(43)36-26/h7-8,14-15,34-35H,1-2,9-12H2,3-6H3,(H,36,43)(H,37,42)(H,38,39)(H,40,41). The third-order valence-corrected chi connectivity index (χ3v) is 7.82. The monoisotopic (exact) mass is 582 g/mol. The zero-order valence-corrected chi connectivity index (χ0v) is 24.6. The molecular weight excluding hydrogens is 548 g/mol. The van der Waals surface area contributed by atoms with Crippen molar-refractivity contribution in [3.63, 3.8) is 0 Å². The van der Waals surface area contributed by atoms with Gasteiger partial charge in [-0.1, -0.05) is 31.0 Å². The molecular formula is C33H34N4O6. The van der Waals surface area contributed by atoms with Crippen molar-refractivity contribution in [1.82, 2.24) is 20.6 Å². The predicted molar refractivity (Wildman–Crippen MR) is 163 cm³/mol. The van der Waals surface area contributed by atoms with Crippen LogP contribution in [0.2, 0.25) is 0 Å². The molecule has 0 unspecified atom stereocenters. The first-order valence-electron chi connectivity index (χ1n) is 13.7. The lowest BCUT2D eigenvalue weighted by Gasteiger charge is -2.02. The van der Waals surface area contributed by atoms with Gasteiger partial charge in [0, 0.05) is 46.3 Å². The summed E-state index contributed by atoms with van der Waals surface area (Å²) in [5.74, 6) is -2.37. The molecule has 0 saturated carbocycles. The molecule has 0 spiro atoms. The largest absolute Gasteiger partial charge is 0.481 e. The number of hydrogen-bond donors (Lipinski definition) is 6. The molecule has 6 N–H and O–H groups in total. The number of aromatic nitrogens is 2. The van der Waals surface area contributed by atoms with Crippen molar-refractivity contribution in [2.24, 2.45) is 0 Å². The van der Waals surface area contributed by atoms with Gasteiger partial charge in [-0.15, -0.1) is 0 Å². The first kappa shape index (κ1) is 30.6. The molecule has 2 aliphatic heterocycles. The highest BCUT2D eigenvalue weighted by molar-refractivity contribution is 6.03. The van der Waals surface area contributed by atoms with Gasteiger partial charge in [-0.05, 0) is 80.5 Å². The molecule has 10 nitrogen and oxygen atoms in total. The number of carboxylic acid groups (broad SMARTS) is 2. The summed E-state index contributed by atoms with van der Waals surface area (Å²) in [6.45, 7) is 14.8. The Hall–Kier alpha value is -5.34. The average molecular weight is 583 g/mol. The van der Waals surface area contributed by atoms with Crippen LogP contribution in [0.4, 0.5) is 0 Å². The number of carbonyl (C=O) groups excluding carboxylic acids is 2. The van der Waals surface area contributed by atoms with Gasteiger partial charge >= 0.3 is 11.9 Å². The van der Waals surface area contributed by atoms with Gasteiger partial charge in [0.05, 0.1) is 16.7 Å². The summed E-state index contributed by atoms with van der Waals surface area (Å²) in [5, 5.41) is 25.7. The second-order valence-electron chi connectivity index (χ2n) is 10.5. The van der Waals surface area contributed by atoms with E-state index in [1.807, 2.05) is 19.9 Å². The van der Waals surface area contributed by atoms with Gasteiger partial charge in [0.1, 0.15) is 0 Å². The number of nitrogens with one attached hydrogen (secondary N) is 4. The Morgan fingerprint density at radius 3 is 1.98 bits per heavy atom. The molecule has 0 atom stereocenters. The molecule has 2 aromatic rings. The van der Waals surface area contributed by atoms with Crippen LogP contribution in [-0.4, -0.2) is 43.9 Å². The Balaban J connectivity index is 1.96. The summed E-state index contributed by atoms with van der Waals surface area (Å²) in [5.41, 5.74) is 11.2. The number of allylic oxidation sites excluding steroid dienone is 2. The summed E-state index contributed by atoms with van der Waals surface area (Å²) < 4.78 is 0. The third-order valence-electron chi connectivity index (χ3n) is 7.82. The SMILES string of the molecule is C=CC1=C(C)C(=C=c2[nH]c(=Cc3[nH]c(C=C4NC(=O)C(C)=C4C=C)c(C)c3CCC(=O)O)c(CCC(=O)O)c2C)NC1=O. The van der Waals surface area contributed by atoms with Crippen LogP contribution in [0.3, 0.4) is 0 Å². The number of rotatable bonds is 10. The van der Waals surface area contributed by atoms with Crippen molar-refractivity contribution >= 4 is 41.6 Å². The first-order valence-corrected chi connectivity index (χ1v) is 13.7. The number of carboxylic acids is 2. The van der Waals surface area contributed by atoms with Crippen molar-refractivity contribution < 1.29 is 29.4 Å². The maximum absolute atomic E-state index is 12.3. The van der Waals surface area contributed by atoms with Gasteiger partial charge < -0.3 is 30.8 Å². The minimum atomic E-state index is -0.945. The third kappa shape index (κ3) is 6.14. The Bertz CT molecular complexity index is 1870. The van der Waals surface area contributed by atoms with Gasteiger partial charge in [-0.3, -0.25) is 19.2 Å². The molecule has 2 aliphatic rings. The van der Waals surface area contributed by atoms with Gasteiger partial charge in [0.25, 0.3) is 11.8 Å². The van der Waals surface area contributed by atoms with Crippen LogP contribution in [0.15, 0.2) is 59.0 Å². The van der Waals surface area contributed by atoms with Crippen molar-refractivity contribution in [2.75, 3.05) is 0 Å². The van der Waals surface area contributed by atoms with Gasteiger partial charge in [0.15, 0.2) is 0 Å². The van der Waals surface area contributed by atoms with E-state index in [0.29, 0.717) is 55.8 Å². The molecule has 0 aliphatic carbocycles. The number of H-pyrrole nitrogens is 2. The van der Waals surface area contributed by atoms with E-state index in [4.69, 9.17) is 0 Å². The second-order valence-corrected chi connectivity index (χ2v) is 10.5. The second kappa shape index (κ2) is 12.3. The van der Waals surface area contributed by atoms with Crippen LogP contribution in [0, 0.1) is 13.8 Å². The van der Waals surface area contributed by atoms with Gasteiger partial charge in [-0.2, -0.15) is 0 Å². The fourth-order valence-electron chi connectivity index (χ4n) is 5.31. The van der Waals surface area contributed by atoms with Crippen molar-refractivity contribution in [2.45, 2.75) is 53.4 Å². The molecule has 10 heteroatoms. The molecule has 4 rings (SSSR count). The zero-order valence-electron chi connectivity index (χ0n) is 24.6. The number of aliphatic carboxylic acids is 2. The molecule has 222 valence electrons. The van der Waals surface area contributed by atoms with Crippen LogP contribution in [0.1, 0.15) is 60.3 Å². The predicted octanol–water partition coefficient (Wildman–Crippen LogP) is 2.69. The van der Waals surface area contributed by atoms with Crippen molar-refractivity contribution in [3.05, 3.63) is 103 Å². The van der Waals surface area contributed by atoms with Crippen LogP contribution < -0.4 is 21.3 Å². The Morgan fingerprint density at radius 1 is 0.767 bits per heavy atom. The van der Waals surface area contributed by atoms with Gasteiger partial charge in [0.2, 0.25) is 0 Å². The highest BCUT2D eigenvalue weighted by atomic mass is 16.4. The topological polar surface area (TPSA) is 164 Å². The van der Waals surface area contributed by atoms with Crippen LogP contribution in [0.25, 0.3) is 17.9 Å². The summed E-state index contributed by atoms with van der Waals surface area (Å²) in [4.78, 5) is 54.3. The molecule has 0 bridgehead atoms. The lowest BCUT2D eigenvalue weighted by Crippen LogP contribution is -2.17. The smallest absolute Gasteiger partial charge is 0.303 e. The lowest BCUT2D eigenvalue weighted by molar-refractivity contribution is -0.138. The average Bonchev–Trinajstić information content (AvgIpc) is 3.59. The van der Waals surface area contributed by atoms with Crippen LogP contribution in [0.5, 0.6) is 0 Å². The summed E-state index contributed by atoms with van der Waals surface area (Å²) >= 11 is 0.